The Hall–Kier alpha value is -0.520. The van der Waals surface area contributed by atoms with Gasteiger partial charge in [0.25, 0.3) is 0 Å². The predicted octanol–water partition coefficient (Wildman–Crippen LogP) is 3.99. The van der Waals surface area contributed by atoms with Crippen LogP contribution in [0.3, 0.4) is 0 Å². The fourth-order valence-corrected chi connectivity index (χ4v) is 5.36. The largest absolute Gasteiger partial charge is 0.473 e. The Bertz CT molecular complexity index is 423. The van der Waals surface area contributed by atoms with Crippen molar-refractivity contribution in [3.05, 3.63) is 0 Å². The van der Waals surface area contributed by atoms with Crippen LogP contribution in [0.4, 0.5) is 0 Å². The number of aliphatic carboxylic acids is 2. The SMILES string of the molecule is CN(CCCCCCCCN)CCSSCCN(C)CCCCCCCCN.O=C(O)C(=O)O. The molecule has 0 heterocycles. The summed E-state index contributed by atoms with van der Waals surface area (Å²) in [6.45, 7) is 6.62. The summed E-state index contributed by atoms with van der Waals surface area (Å²) in [6, 6.07) is 0. The lowest BCUT2D eigenvalue weighted by Gasteiger charge is -2.17. The minimum Gasteiger partial charge on any atom is -0.473 e. The van der Waals surface area contributed by atoms with Gasteiger partial charge < -0.3 is 31.5 Å². The van der Waals surface area contributed by atoms with Crippen LogP contribution in [0.2, 0.25) is 0 Å². The van der Waals surface area contributed by atoms with Gasteiger partial charge in [-0.3, -0.25) is 0 Å². The van der Waals surface area contributed by atoms with E-state index in [1.54, 1.807) is 0 Å². The van der Waals surface area contributed by atoms with Crippen LogP contribution in [-0.2, 0) is 9.59 Å². The first-order chi connectivity index (χ1) is 16.3. The summed E-state index contributed by atoms with van der Waals surface area (Å²) in [6.07, 6.45) is 15.9. The van der Waals surface area contributed by atoms with Crippen molar-refractivity contribution in [2.24, 2.45) is 11.5 Å². The molecule has 0 amide bonds. The number of carbonyl (C=O) groups is 2. The van der Waals surface area contributed by atoms with E-state index in [4.69, 9.17) is 31.3 Å². The van der Waals surface area contributed by atoms with E-state index in [-0.39, 0.29) is 0 Å². The van der Waals surface area contributed by atoms with E-state index in [2.05, 4.69) is 23.9 Å². The highest BCUT2D eigenvalue weighted by molar-refractivity contribution is 8.76. The molecule has 10 heteroatoms. The van der Waals surface area contributed by atoms with Crippen LogP contribution >= 0.6 is 21.6 Å². The molecule has 0 saturated heterocycles. The zero-order valence-corrected chi connectivity index (χ0v) is 23.4. The van der Waals surface area contributed by atoms with Gasteiger partial charge in [0.2, 0.25) is 0 Å². The first-order valence-corrected chi connectivity index (χ1v) is 15.3. The molecule has 0 aromatic rings. The topological polar surface area (TPSA) is 133 Å². The molecule has 0 aliphatic rings. The molecule has 8 nitrogen and oxygen atoms in total. The first-order valence-electron chi connectivity index (χ1n) is 12.8. The average molecular weight is 525 g/mol. The second kappa shape index (κ2) is 28.7. The summed E-state index contributed by atoms with van der Waals surface area (Å²) in [5.41, 5.74) is 11.1. The Kier molecular flexibility index (Phi) is 30.1. The van der Waals surface area contributed by atoms with E-state index in [0.29, 0.717) is 0 Å². The van der Waals surface area contributed by atoms with E-state index in [1.807, 2.05) is 21.6 Å². The molecular weight excluding hydrogens is 472 g/mol. The maximum atomic E-state index is 9.10. The molecule has 204 valence electrons. The van der Waals surface area contributed by atoms with Gasteiger partial charge in [0.05, 0.1) is 0 Å². The number of unbranched alkanes of at least 4 members (excludes halogenated alkanes) is 10. The van der Waals surface area contributed by atoms with Gasteiger partial charge in [0, 0.05) is 24.6 Å². The third-order valence-corrected chi connectivity index (χ3v) is 7.73. The van der Waals surface area contributed by atoms with E-state index < -0.39 is 11.9 Å². The summed E-state index contributed by atoms with van der Waals surface area (Å²) in [5.74, 6) is -1.17. The molecular formula is C24H52N4O4S2. The number of carboxylic acids is 2. The highest BCUT2D eigenvalue weighted by atomic mass is 33.1. The van der Waals surface area contributed by atoms with Crippen LogP contribution < -0.4 is 11.5 Å². The standard InChI is InChI=1S/C22H50N4S2.C2H2O4/c1-25(17-13-9-5-3-7-11-15-23)19-21-27-28-22-20-26(2)18-14-10-6-4-8-12-16-24;3-1(4)2(5)6/h3-24H2,1-2H3;(H,3,4)(H,5,6). The molecule has 0 aliphatic heterocycles. The molecule has 6 N–H and O–H groups in total. The molecule has 0 unspecified atom stereocenters. The number of nitrogens with two attached hydrogens (primary N) is 2. The second-order valence-corrected chi connectivity index (χ2v) is 11.4. The lowest BCUT2D eigenvalue weighted by molar-refractivity contribution is -0.159. The molecule has 0 bridgehead atoms. The van der Waals surface area contributed by atoms with Crippen molar-refractivity contribution < 1.29 is 19.8 Å². The molecule has 0 spiro atoms. The summed E-state index contributed by atoms with van der Waals surface area (Å²) in [5, 5.41) is 14.8. The Morgan fingerprint density at radius 1 is 0.559 bits per heavy atom. The molecule has 0 fully saturated rings. The fraction of sp³-hybridized carbons (Fsp3) is 0.917. The molecule has 34 heavy (non-hydrogen) atoms. The number of hydrogen-bond donors (Lipinski definition) is 4. The molecule has 0 rings (SSSR count). The Morgan fingerprint density at radius 3 is 1.15 bits per heavy atom. The molecule has 0 radical (unpaired) electrons. The summed E-state index contributed by atoms with van der Waals surface area (Å²) in [4.78, 5) is 23.2. The van der Waals surface area contributed by atoms with Crippen LogP contribution in [0.5, 0.6) is 0 Å². The van der Waals surface area contributed by atoms with Crippen molar-refractivity contribution in [1.82, 2.24) is 9.80 Å². The minimum absolute atomic E-state index is 0.852. The van der Waals surface area contributed by atoms with Gasteiger partial charge in [-0.1, -0.05) is 73.0 Å². The Labute approximate surface area is 216 Å². The zero-order valence-electron chi connectivity index (χ0n) is 21.7. The Morgan fingerprint density at radius 2 is 0.853 bits per heavy atom. The van der Waals surface area contributed by atoms with Crippen molar-refractivity contribution in [3.8, 4) is 0 Å². The van der Waals surface area contributed by atoms with Gasteiger partial charge in [-0.25, -0.2) is 9.59 Å². The predicted molar refractivity (Wildman–Crippen MR) is 149 cm³/mol. The monoisotopic (exact) mass is 524 g/mol. The number of rotatable bonds is 23. The highest BCUT2D eigenvalue weighted by Crippen LogP contribution is 2.20. The van der Waals surface area contributed by atoms with Gasteiger partial charge in [-0.2, -0.15) is 0 Å². The lowest BCUT2D eigenvalue weighted by Crippen LogP contribution is -2.23. The molecule has 0 aromatic heterocycles. The third-order valence-electron chi connectivity index (χ3n) is 5.37. The van der Waals surface area contributed by atoms with Gasteiger partial charge in [0.15, 0.2) is 0 Å². The summed E-state index contributed by atoms with van der Waals surface area (Å²) in [7, 11) is 8.62. The number of nitrogens with zero attached hydrogens (tertiary/aromatic N) is 2. The summed E-state index contributed by atoms with van der Waals surface area (Å²) >= 11 is 0. The second-order valence-electron chi connectivity index (χ2n) is 8.68. The first kappa shape index (κ1) is 35.6. The van der Waals surface area contributed by atoms with Crippen LogP contribution in [0.1, 0.15) is 77.0 Å². The number of carboxylic acid groups (broad SMARTS) is 2. The van der Waals surface area contributed by atoms with Gasteiger partial charge in [-0.15, -0.1) is 0 Å². The fourth-order valence-electron chi connectivity index (χ4n) is 3.19. The number of hydrogen-bond acceptors (Lipinski definition) is 8. The Balaban J connectivity index is 0. The molecule has 0 atom stereocenters. The lowest BCUT2D eigenvalue weighted by atomic mass is 10.1. The van der Waals surface area contributed by atoms with Crippen molar-refractivity contribution in [2.75, 3.05) is 64.9 Å². The van der Waals surface area contributed by atoms with Crippen molar-refractivity contribution in [1.29, 1.82) is 0 Å². The molecule has 0 aliphatic carbocycles. The van der Waals surface area contributed by atoms with Gasteiger partial charge >= 0.3 is 11.9 Å². The molecule has 0 aromatic carbocycles. The normalized spacial score (nSPS) is 11.0. The third kappa shape index (κ3) is 31.5. The van der Waals surface area contributed by atoms with Crippen molar-refractivity contribution in [3.63, 3.8) is 0 Å². The van der Waals surface area contributed by atoms with E-state index in [1.165, 1.54) is 115 Å². The molecule has 0 saturated carbocycles. The van der Waals surface area contributed by atoms with Crippen molar-refractivity contribution >= 4 is 33.5 Å². The van der Waals surface area contributed by atoms with Crippen LogP contribution in [0.15, 0.2) is 0 Å². The van der Waals surface area contributed by atoms with E-state index >= 15 is 0 Å². The van der Waals surface area contributed by atoms with Crippen molar-refractivity contribution in [2.45, 2.75) is 77.0 Å². The minimum atomic E-state index is -1.82. The van der Waals surface area contributed by atoms with E-state index in [0.717, 1.165) is 13.1 Å². The van der Waals surface area contributed by atoms with Gasteiger partial charge in [-0.05, 0) is 66.0 Å². The van der Waals surface area contributed by atoms with Crippen LogP contribution in [0, 0.1) is 0 Å². The van der Waals surface area contributed by atoms with E-state index in [9.17, 15) is 0 Å². The smallest absolute Gasteiger partial charge is 0.414 e. The van der Waals surface area contributed by atoms with Crippen LogP contribution in [-0.4, -0.2) is 96.8 Å². The maximum Gasteiger partial charge on any atom is 0.414 e. The maximum absolute atomic E-state index is 9.10. The van der Waals surface area contributed by atoms with Gasteiger partial charge in [0.1, 0.15) is 0 Å². The van der Waals surface area contributed by atoms with Crippen LogP contribution in [0.25, 0.3) is 0 Å². The summed E-state index contributed by atoms with van der Waals surface area (Å²) < 4.78 is 0. The zero-order chi connectivity index (χ0) is 25.9. The highest BCUT2D eigenvalue weighted by Gasteiger charge is 2.04. The quantitative estimate of drug-likeness (QED) is 0.0883. The average Bonchev–Trinajstić information content (AvgIpc) is 2.80.